The van der Waals surface area contributed by atoms with Crippen LogP contribution in [-0.2, 0) is 7.05 Å². The van der Waals surface area contributed by atoms with E-state index in [0.717, 1.165) is 11.1 Å². The number of rotatable bonds is 2. The molecule has 0 amide bonds. The summed E-state index contributed by atoms with van der Waals surface area (Å²) in [7, 11) is 1.48. The van der Waals surface area contributed by atoms with Crippen LogP contribution in [-0.4, -0.2) is 9.67 Å². The van der Waals surface area contributed by atoms with Crippen LogP contribution < -0.4 is 5.56 Å². The van der Waals surface area contributed by atoms with Gasteiger partial charge < -0.3 is 9.67 Å². The first-order valence-corrected chi connectivity index (χ1v) is 6.82. The van der Waals surface area contributed by atoms with Gasteiger partial charge in [0.05, 0.1) is 0 Å². The second kappa shape index (κ2) is 5.48. The average Bonchev–Trinajstić information content (AvgIpc) is 2.57. The van der Waals surface area contributed by atoms with Crippen LogP contribution in [0.1, 0.15) is 0 Å². The molecule has 3 aromatic rings. The lowest BCUT2D eigenvalue weighted by molar-refractivity contribution is 0.419. The Morgan fingerprint density at radius 3 is 2.32 bits per heavy atom. The molecule has 0 spiro atoms. The van der Waals surface area contributed by atoms with Crippen LogP contribution in [0.4, 0.5) is 4.39 Å². The predicted molar refractivity (Wildman–Crippen MR) is 84.2 cm³/mol. The Morgan fingerprint density at radius 1 is 0.955 bits per heavy atom. The van der Waals surface area contributed by atoms with Crippen molar-refractivity contribution < 1.29 is 9.50 Å². The summed E-state index contributed by atoms with van der Waals surface area (Å²) in [5.74, 6) is -1.75. The first-order valence-electron chi connectivity index (χ1n) is 6.82. The highest BCUT2D eigenvalue weighted by atomic mass is 19.1. The highest BCUT2D eigenvalue weighted by Gasteiger charge is 2.15. The molecular weight excluding hydrogens is 281 g/mol. The van der Waals surface area contributed by atoms with E-state index >= 15 is 0 Å². The summed E-state index contributed by atoms with van der Waals surface area (Å²) in [6, 6.07) is 17.0. The van der Waals surface area contributed by atoms with Crippen molar-refractivity contribution in [2.24, 2.45) is 7.05 Å². The summed E-state index contributed by atoms with van der Waals surface area (Å²) in [6.45, 7) is 0. The Hall–Kier alpha value is -2.88. The number of aromatic nitrogens is 1. The van der Waals surface area contributed by atoms with Crippen LogP contribution in [0.3, 0.4) is 0 Å². The minimum absolute atomic E-state index is 0.192. The van der Waals surface area contributed by atoms with Crippen LogP contribution in [0.5, 0.6) is 5.75 Å². The van der Waals surface area contributed by atoms with Crippen molar-refractivity contribution in [3.8, 4) is 28.0 Å². The molecule has 0 unspecified atom stereocenters. The lowest BCUT2D eigenvalue weighted by Gasteiger charge is -2.09. The maximum atomic E-state index is 14.2. The van der Waals surface area contributed by atoms with E-state index in [-0.39, 0.29) is 5.56 Å². The van der Waals surface area contributed by atoms with Crippen molar-refractivity contribution in [2.75, 3.05) is 0 Å². The number of nitrogens with zero attached hydrogens (tertiary/aromatic N) is 1. The number of hydrogen-bond donors (Lipinski definition) is 1. The summed E-state index contributed by atoms with van der Waals surface area (Å²) in [4.78, 5) is 11.5. The van der Waals surface area contributed by atoms with E-state index in [9.17, 15) is 14.3 Å². The van der Waals surface area contributed by atoms with Gasteiger partial charge >= 0.3 is 0 Å². The van der Waals surface area contributed by atoms with Gasteiger partial charge in [0.15, 0.2) is 5.82 Å². The van der Waals surface area contributed by atoms with E-state index in [1.165, 1.54) is 17.8 Å². The monoisotopic (exact) mass is 295 g/mol. The fourth-order valence-corrected chi connectivity index (χ4v) is 2.40. The molecule has 110 valence electrons. The van der Waals surface area contributed by atoms with Gasteiger partial charge in [-0.25, -0.2) is 4.39 Å². The highest BCUT2D eigenvalue weighted by molar-refractivity contribution is 5.73. The van der Waals surface area contributed by atoms with Crippen molar-refractivity contribution in [3.63, 3.8) is 0 Å². The molecule has 0 radical (unpaired) electrons. The summed E-state index contributed by atoms with van der Waals surface area (Å²) in [6.07, 6.45) is 1.39. The SMILES string of the molecule is Cn1cc(-c2cccc(-c3ccccc3)c2)c(F)c(O)c1=O. The van der Waals surface area contributed by atoms with E-state index in [4.69, 9.17) is 0 Å². The topological polar surface area (TPSA) is 42.2 Å². The van der Waals surface area contributed by atoms with Crippen molar-refractivity contribution in [2.45, 2.75) is 0 Å². The van der Waals surface area contributed by atoms with Crippen molar-refractivity contribution in [1.29, 1.82) is 0 Å². The molecule has 0 aliphatic carbocycles. The summed E-state index contributed by atoms with van der Waals surface area (Å²) < 4.78 is 15.4. The van der Waals surface area contributed by atoms with Crippen LogP contribution >= 0.6 is 0 Å². The Labute approximate surface area is 126 Å². The Kier molecular flexibility index (Phi) is 3.51. The molecule has 1 heterocycles. The quantitative estimate of drug-likeness (QED) is 0.785. The number of halogens is 1. The van der Waals surface area contributed by atoms with Crippen LogP contribution in [0.15, 0.2) is 65.6 Å². The average molecular weight is 295 g/mol. The zero-order chi connectivity index (χ0) is 15.7. The van der Waals surface area contributed by atoms with E-state index < -0.39 is 17.1 Å². The fourth-order valence-electron chi connectivity index (χ4n) is 2.40. The molecule has 1 N–H and O–H groups in total. The molecule has 0 fully saturated rings. The molecule has 3 rings (SSSR count). The van der Waals surface area contributed by atoms with Gasteiger partial charge in [0.1, 0.15) is 0 Å². The molecule has 1 aromatic heterocycles. The molecule has 3 nitrogen and oxygen atoms in total. The standard InChI is InChI=1S/C18H14FNO2/c1-20-11-15(16(19)17(21)18(20)22)14-9-5-8-13(10-14)12-6-3-2-4-7-12/h2-11,21H,1H3. The van der Waals surface area contributed by atoms with Gasteiger partial charge in [-0.15, -0.1) is 0 Å². The molecule has 0 atom stereocenters. The molecule has 0 aliphatic rings. The van der Waals surface area contributed by atoms with Gasteiger partial charge in [0.25, 0.3) is 5.56 Å². The Bertz CT molecular complexity index is 885. The minimum Gasteiger partial charge on any atom is -0.501 e. The van der Waals surface area contributed by atoms with E-state index in [2.05, 4.69) is 0 Å². The van der Waals surface area contributed by atoms with E-state index in [0.29, 0.717) is 5.56 Å². The predicted octanol–water partition coefficient (Wildman–Crippen LogP) is 3.56. The van der Waals surface area contributed by atoms with Crippen LogP contribution in [0.25, 0.3) is 22.3 Å². The van der Waals surface area contributed by atoms with Crippen LogP contribution in [0.2, 0.25) is 0 Å². The molecule has 22 heavy (non-hydrogen) atoms. The zero-order valence-corrected chi connectivity index (χ0v) is 12.0. The Balaban J connectivity index is 2.17. The summed E-state index contributed by atoms with van der Waals surface area (Å²) in [5, 5.41) is 9.61. The maximum Gasteiger partial charge on any atom is 0.295 e. The number of aryl methyl sites for hydroxylation is 1. The van der Waals surface area contributed by atoms with Crippen LogP contribution in [0, 0.1) is 5.82 Å². The second-order valence-electron chi connectivity index (χ2n) is 5.07. The fraction of sp³-hybridized carbons (Fsp3) is 0.0556. The second-order valence-corrected chi connectivity index (χ2v) is 5.07. The zero-order valence-electron chi connectivity index (χ0n) is 12.0. The third kappa shape index (κ3) is 2.39. The van der Waals surface area contributed by atoms with Crippen molar-refractivity contribution in [3.05, 3.63) is 77.0 Å². The Morgan fingerprint density at radius 2 is 1.59 bits per heavy atom. The summed E-state index contributed by atoms with van der Waals surface area (Å²) >= 11 is 0. The third-order valence-electron chi connectivity index (χ3n) is 3.57. The van der Waals surface area contributed by atoms with Gasteiger partial charge in [-0.2, -0.15) is 0 Å². The lowest BCUT2D eigenvalue weighted by Crippen LogP contribution is -2.17. The lowest BCUT2D eigenvalue weighted by atomic mass is 9.99. The molecule has 0 aliphatic heterocycles. The molecule has 0 bridgehead atoms. The van der Waals surface area contributed by atoms with Gasteiger partial charge in [-0.1, -0.05) is 48.5 Å². The molecule has 4 heteroatoms. The molecular formula is C18H14FNO2. The van der Waals surface area contributed by atoms with Gasteiger partial charge in [0.2, 0.25) is 5.75 Å². The van der Waals surface area contributed by atoms with Gasteiger partial charge in [0, 0.05) is 18.8 Å². The minimum atomic E-state index is -0.895. The number of aromatic hydroxyl groups is 1. The first kappa shape index (κ1) is 14.1. The van der Waals surface area contributed by atoms with Gasteiger partial charge in [-0.05, 0) is 22.8 Å². The number of pyridine rings is 1. The molecule has 0 saturated carbocycles. The van der Waals surface area contributed by atoms with Crippen molar-refractivity contribution >= 4 is 0 Å². The molecule has 0 saturated heterocycles. The first-order chi connectivity index (χ1) is 10.6. The number of hydrogen-bond acceptors (Lipinski definition) is 2. The van der Waals surface area contributed by atoms with Crippen molar-refractivity contribution in [1.82, 2.24) is 4.57 Å². The highest BCUT2D eigenvalue weighted by Crippen LogP contribution is 2.29. The third-order valence-corrected chi connectivity index (χ3v) is 3.57. The number of benzene rings is 2. The van der Waals surface area contributed by atoms with Gasteiger partial charge in [-0.3, -0.25) is 4.79 Å². The normalized spacial score (nSPS) is 10.6. The largest absolute Gasteiger partial charge is 0.501 e. The molecule has 2 aromatic carbocycles. The van der Waals surface area contributed by atoms with E-state index in [1.54, 1.807) is 6.07 Å². The smallest absolute Gasteiger partial charge is 0.295 e. The maximum absolute atomic E-state index is 14.2. The summed E-state index contributed by atoms with van der Waals surface area (Å²) in [5.41, 5.74) is 1.99. The van der Waals surface area contributed by atoms with E-state index in [1.807, 2.05) is 48.5 Å².